The minimum absolute atomic E-state index is 0.128. The Balaban J connectivity index is 1.34. The van der Waals surface area contributed by atoms with Gasteiger partial charge < -0.3 is 10.1 Å². The number of fused-ring (bicyclic) bond motifs is 1. The van der Waals surface area contributed by atoms with Gasteiger partial charge in [0.1, 0.15) is 5.82 Å². The third kappa shape index (κ3) is 4.83. The van der Waals surface area contributed by atoms with E-state index in [4.69, 9.17) is 4.74 Å². The van der Waals surface area contributed by atoms with E-state index >= 15 is 0 Å². The molecule has 164 valence electrons. The predicted octanol–water partition coefficient (Wildman–Crippen LogP) is 2.68. The van der Waals surface area contributed by atoms with Crippen LogP contribution in [0.25, 0.3) is 5.69 Å². The lowest BCUT2D eigenvalue weighted by Crippen LogP contribution is -2.41. The van der Waals surface area contributed by atoms with Crippen LogP contribution in [0.1, 0.15) is 33.7 Å². The van der Waals surface area contributed by atoms with E-state index in [-0.39, 0.29) is 18.1 Å². The number of benzene rings is 2. The first-order valence-electron chi connectivity index (χ1n) is 10.2. The third-order valence-corrected chi connectivity index (χ3v) is 5.08. The van der Waals surface area contributed by atoms with Gasteiger partial charge in [0.05, 0.1) is 5.69 Å². The fraction of sp³-hybridized carbons (Fsp3) is 0.217. The molecule has 1 aliphatic rings. The molecule has 3 amide bonds. The second kappa shape index (κ2) is 9.42. The Hall–Kier alpha value is -4.01. The van der Waals surface area contributed by atoms with Gasteiger partial charge >= 0.3 is 12.0 Å². The van der Waals surface area contributed by atoms with Gasteiger partial charge in [-0.3, -0.25) is 10.1 Å². The molecule has 0 aliphatic heterocycles. The van der Waals surface area contributed by atoms with E-state index in [1.165, 1.54) is 12.1 Å². The van der Waals surface area contributed by atoms with Crippen molar-refractivity contribution in [2.75, 3.05) is 6.61 Å². The molecule has 2 N–H and O–H groups in total. The molecule has 9 heteroatoms. The van der Waals surface area contributed by atoms with Crippen molar-refractivity contribution in [1.82, 2.24) is 20.4 Å². The summed E-state index contributed by atoms with van der Waals surface area (Å²) in [4.78, 5) is 36.4. The molecule has 0 fully saturated rings. The van der Waals surface area contributed by atoms with Gasteiger partial charge in [0.25, 0.3) is 5.91 Å². The number of urea groups is 1. The molecule has 8 nitrogen and oxygen atoms in total. The number of imide groups is 1. The molecule has 2 aromatic carbocycles. The lowest BCUT2D eigenvalue weighted by atomic mass is 10.2. The highest BCUT2D eigenvalue weighted by molar-refractivity contribution is 5.97. The molecule has 3 aromatic rings. The maximum absolute atomic E-state index is 13.2. The molecular weight excluding hydrogens is 415 g/mol. The summed E-state index contributed by atoms with van der Waals surface area (Å²) in [6.45, 7) is -0.359. The lowest BCUT2D eigenvalue weighted by Gasteiger charge is -2.07. The Morgan fingerprint density at radius 3 is 2.53 bits per heavy atom. The number of aromatic nitrogens is 2. The zero-order valence-electron chi connectivity index (χ0n) is 17.1. The summed E-state index contributed by atoms with van der Waals surface area (Å²) < 4.78 is 19.9. The summed E-state index contributed by atoms with van der Waals surface area (Å²) in [5.74, 6) is -1.86. The van der Waals surface area contributed by atoms with E-state index in [0.29, 0.717) is 12.1 Å². The number of hydrogen-bond acceptors (Lipinski definition) is 5. The van der Waals surface area contributed by atoms with E-state index in [0.717, 1.165) is 29.7 Å². The monoisotopic (exact) mass is 436 g/mol. The maximum Gasteiger partial charge on any atom is 0.359 e. The minimum atomic E-state index is -0.751. The average molecular weight is 436 g/mol. The highest BCUT2D eigenvalue weighted by atomic mass is 19.1. The topological polar surface area (TPSA) is 102 Å². The highest BCUT2D eigenvalue weighted by Gasteiger charge is 2.28. The number of nitrogens with one attached hydrogen (secondary N) is 2. The summed E-state index contributed by atoms with van der Waals surface area (Å²) in [6, 6.07) is 14.3. The SMILES string of the molecule is O=C(COC(=O)c1nn(-c2ccc(F)cc2)c2c1CCC2)NC(=O)NCc1ccccc1. The van der Waals surface area contributed by atoms with Gasteiger partial charge in [0.2, 0.25) is 0 Å². The molecule has 1 heterocycles. The van der Waals surface area contributed by atoms with Crippen molar-refractivity contribution in [3.63, 3.8) is 0 Å². The fourth-order valence-corrected chi connectivity index (χ4v) is 3.58. The molecule has 4 rings (SSSR count). The Bertz CT molecular complexity index is 1140. The molecule has 0 saturated heterocycles. The van der Waals surface area contributed by atoms with Crippen LogP contribution in [0, 0.1) is 5.82 Å². The Labute approximate surface area is 183 Å². The molecule has 1 aliphatic carbocycles. The smallest absolute Gasteiger partial charge is 0.359 e. The number of rotatable bonds is 6. The Morgan fingerprint density at radius 2 is 1.78 bits per heavy atom. The lowest BCUT2D eigenvalue weighted by molar-refractivity contribution is -0.123. The van der Waals surface area contributed by atoms with Crippen LogP contribution in [0.2, 0.25) is 0 Å². The van der Waals surface area contributed by atoms with Gasteiger partial charge in [-0.15, -0.1) is 0 Å². The number of esters is 1. The van der Waals surface area contributed by atoms with Gasteiger partial charge in [-0.1, -0.05) is 30.3 Å². The van der Waals surface area contributed by atoms with Crippen LogP contribution < -0.4 is 10.6 Å². The van der Waals surface area contributed by atoms with E-state index < -0.39 is 24.5 Å². The quantitative estimate of drug-likeness (QED) is 0.579. The highest BCUT2D eigenvalue weighted by Crippen LogP contribution is 2.28. The number of amides is 3. The van der Waals surface area contributed by atoms with Crippen molar-refractivity contribution >= 4 is 17.9 Å². The van der Waals surface area contributed by atoms with Crippen LogP contribution in [0.5, 0.6) is 0 Å². The van der Waals surface area contributed by atoms with Crippen LogP contribution in [0.3, 0.4) is 0 Å². The van der Waals surface area contributed by atoms with Crippen molar-refractivity contribution in [1.29, 1.82) is 0 Å². The number of carbonyl (C=O) groups is 3. The molecule has 0 radical (unpaired) electrons. The number of nitrogens with zero attached hydrogens (tertiary/aromatic N) is 2. The zero-order valence-corrected chi connectivity index (χ0v) is 17.1. The molecule has 0 unspecified atom stereocenters. The van der Waals surface area contributed by atoms with Crippen molar-refractivity contribution in [3.8, 4) is 5.69 Å². The Morgan fingerprint density at radius 1 is 1.03 bits per heavy atom. The van der Waals surface area contributed by atoms with E-state index in [9.17, 15) is 18.8 Å². The van der Waals surface area contributed by atoms with Gasteiger partial charge in [-0.25, -0.2) is 18.7 Å². The van der Waals surface area contributed by atoms with Crippen LogP contribution in [0.4, 0.5) is 9.18 Å². The number of carbonyl (C=O) groups excluding carboxylic acids is 3. The van der Waals surface area contributed by atoms with Crippen molar-refractivity contribution in [2.45, 2.75) is 25.8 Å². The fourth-order valence-electron chi connectivity index (χ4n) is 3.58. The summed E-state index contributed by atoms with van der Waals surface area (Å²) in [5.41, 5.74) is 3.28. The first-order chi connectivity index (χ1) is 15.5. The normalized spacial score (nSPS) is 12.2. The summed E-state index contributed by atoms with van der Waals surface area (Å²) in [6.07, 6.45) is 2.25. The van der Waals surface area contributed by atoms with Gasteiger partial charge in [-0.05, 0) is 49.1 Å². The molecule has 32 heavy (non-hydrogen) atoms. The number of ether oxygens (including phenoxy) is 1. The molecular formula is C23H21FN4O4. The van der Waals surface area contributed by atoms with Gasteiger partial charge in [0.15, 0.2) is 12.3 Å². The Kier molecular flexibility index (Phi) is 6.25. The van der Waals surface area contributed by atoms with Gasteiger partial charge in [0, 0.05) is 17.8 Å². The van der Waals surface area contributed by atoms with Crippen LogP contribution in [-0.4, -0.2) is 34.3 Å². The first kappa shape index (κ1) is 21.2. The van der Waals surface area contributed by atoms with Crippen LogP contribution in [-0.2, 0) is 28.9 Å². The number of hydrogen-bond donors (Lipinski definition) is 2. The predicted molar refractivity (Wildman–Crippen MR) is 113 cm³/mol. The second-order valence-electron chi connectivity index (χ2n) is 7.31. The summed E-state index contributed by atoms with van der Waals surface area (Å²) >= 11 is 0. The second-order valence-corrected chi connectivity index (χ2v) is 7.31. The maximum atomic E-state index is 13.2. The zero-order chi connectivity index (χ0) is 22.5. The van der Waals surface area contributed by atoms with E-state index in [1.54, 1.807) is 16.8 Å². The third-order valence-electron chi connectivity index (χ3n) is 5.08. The van der Waals surface area contributed by atoms with Crippen molar-refractivity contribution in [2.24, 2.45) is 0 Å². The van der Waals surface area contributed by atoms with E-state index in [2.05, 4.69) is 15.7 Å². The molecule has 0 spiro atoms. The van der Waals surface area contributed by atoms with Gasteiger partial charge in [-0.2, -0.15) is 5.10 Å². The molecule has 0 atom stereocenters. The largest absolute Gasteiger partial charge is 0.451 e. The van der Waals surface area contributed by atoms with Crippen LogP contribution >= 0.6 is 0 Å². The molecule has 1 aromatic heterocycles. The number of halogens is 1. The van der Waals surface area contributed by atoms with E-state index in [1.807, 2.05) is 30.3 Å². The average Bonchev–Trinajstić information content (AvgIpc) is 3.40. The standard InChI is InChI=1S/C23H21FN4O4/c24-16-9-11-17(12-10-16)28-19-8-4-7-18(19)21(27-28)22(30)32-14-20(29)26-23(31)25-13-15-5-2-1-3-6-15/h1-3,5-6,9-12H,4,7-8,13-14H2,(H2,25,26,29,31). The molecule has 0 saturated carbocycles. The van der Waals surface area contributed by atoms with Crippen LogP contribution in [0.15, 0.2) is 54.6 Å². The van der Waals surface area contributed by atoms with Crippen molar-refractivity contribution in [3.05, 3.63) is 82.9 Å². The summed E-state index contributed by atoms with van der Waals surface area (Å²) in [7, 11) is 0. The first-order valence-corrected chi connectivity index (χ1v) is 10.2. The molecule has 0 bridgehead atoms. The summed E-state index contributed by atoms with van der Waals surface area (Å²) in [5, 5.41) is 9.02. The minimum Gasteiger partial charge on any atom is -0.451 e. The van der Waals surface area contributed by atoms with Crippen molar-refractivity contribution < 1.29 is 23.5 Å².